The van der Waals surface area contributed by atoms with Gasteiger partial charge in [0.15, 0.2) is 5.82 Å². The number of pyridine rings is 2. The summed E-state index contributed by atoms with van der Waals surface area (Å²) in [4.78, 5) is 90.8. The van der Waals surface area contributed by atoms with E-state index in [0.717, 1.165) is 110 Å². The standard InChI is InChI=1S/C57H72N10O7/c1-35(2)66-34-59-47-31-46(61-52(51(47)66)60-40-17-26-73-27-18-40)37-8-13-45-48(28-37)67(42-29-41(30-42)63-21-4-3-5-22-63)56(72)57(45)19-24-64(25-20-57)55(71)39-16-23-65(33-39)54(70)36-6-10-43(11-7-36)74-50-15-9-38(32-58-50)44-12-14-49(68)62-53(44)69/h8-9,13,15,28,31-32,34-36,39-44H,3-7,10-12,14,16-27,29-30,33H2,1-2H3,(H,60,61)(H,62,68,69)/t36-,39-,41-,42+,43-,44?/m1/s1. The van der Waals surface area contributed by atoms with E-state index >= 15 is 4.79 Å². The van der Waals surface area contributed by atoms with Crippen molar-refractivity contribution in [3.05, 3.63) is 60.0 Å². The molecule has 17 nitrogen and oxygen atoms in total. The van der Waals surface area contributed by atoms with Crippen molar-refractivity contribution < 1.29 is 33.4 Å². The topological polar surface area (TPSA) is 184 Å². The van der Waals surface area contributed by atoms with Crippen molar-refractivity contribution in [3.8, 4) is 17.1 Å². The van der Waals surface area contributed by atoms with Gasteiger partial charge in [0.05, 0.1) is 34.8 Å². The van der Waals surface area contributed by atoms with Gasteiger partial charge >= 0.3 is 0 Å². The second-order valence-corrected chi connectivity index (χ2v) is 23.0. The zero-order chi connectivity index (χ0) is 50.7. The van der Waals surface area contributed by atoms with Crippen LogP contribution in [0.3, 0.4) is 0 Å². The maximum absolute atomic E-state index is 15.3. The maximum atomic E-state index is 15.3. The zero-order valence-electron chi connectivity index (χ0n) is 43.1. The average molecular weight is 1010 g/mol. The lowest BCUT2D eigenvalue weighted by Crippen LogP contribution is -2.58. The maximum Gasteiger partial charge on any atom is 0.238 e. The van der Waals surface area contributed by atoms with E-state index in [1.807, 2.05) is 22.2 Å². The number of rotatable bonds is 11. The number of nitrogens with zero attached hydrogens (tertiary/aromatic N) is 8. The van der Waals surface area contributed by atoms with Crippen LogP contribution in [0.15, 0.2) is 48.9 Å². The molecule has 2 saturated carbocycles. The molecule has 0 radical (unpaired) electrons. The molecule has 392 valence electrons. The van der Waals surface area contributed by atoms with E-state index in [0.29, 0.717) is 83.0 Å². The highest BCUT2D eigenvalue weighted by Crippen LogP contribution is 2.52. The molecule has 1 unspecified atom stereocenters. The minimum absolute atomic E-state index is 0.0626. The minimum atomic E-state index is -0.709. The molecule has 8 aliphatic rings. The molecule has 5 saturated heterocycles. The Balaban J connectivity index is 0.706. The number of likely N-dealkylation sites (tertiary alicyclic amines) is 3. The summed E-state index contributed by atoms with van der Waals surface area (Å²) in [5.74, 6) is 0.421. The number of hydrogen-bond acceptors (Lipinski definition) is 12. The van der Waals surface area contributed by atoms with Gasteiger partial charge in [-0.05, 0) is 140 Å². The number of imidazole rings is 1. The van der Waals surface area contributed by atoms with E-state index in [1.165, 1.54) is 19.3 Å². The number of ether oxygens (including phenoxy) is 2. The Bertz CT molecular complexity index is 2780. The predicted octanol–water partition coefficient (Wildman–Crippen LogP) is 6.90. The third-order valence-corrected chi connectivity index (χ3v) is 18.2. The van der Waals surface area contributed by atoms with E-state index in [9.17, 15) is 19.2 Å². The lowest BCUT2D eigenvalue weighted by atomic mass is 9.73. The van der Waals surface area contributed by atoms with Crippen LogP contribution in [-0.2, 0) is 34.1 Å². The average Bonchev–Trinajstić information content (AvgIpc) is 4.14. The van der Waals surface area contributed by atoms with Crippen molar-refractivity contribution in [1.82, 2.24) is 39.5 Å². The molecule has 6 aliphatic heterocycles. The van der Waals surface area contributed by atoms with Gasteiger partial charge in [-0.1, -0.05) is 24.6 Å². The minimum Gasteiger partial charge on any atom is -0.474 e. The number of piperidine rings is 3. The highest BCUT2D eigenvalue weighted by Gasteiger charge is 2.56. The van der Waals surface area contributed by atoms with Gasteiger partial charge < -0.3 is 39.0 Å². The van der Waals surface area contributed by atoms with Gasteiger partial charge in [-0.15, -0.1) is 0 Å². The monoisotopic (exact) mass is 1010 g/mol. The molecule has 17 heteroatoms. The molecule has 74 heavy (non-hydrogen) atoms. The van der Waals surface area contributed by atoms with Gasteiger partial charge in [0, 0.05) is 99.4 Å². The lowest BCUT2D eigenvalue weighted by molar-refractivity contribution is -0.140. The number of benzene rings is 1. The molecule has 4 aromatic rings. The second-order valence-electron chi connectivity index (χ2n) is 23.0. The molecule has 2 N–H and O–H groups in total. The van der Waals surface area contributed by atoms with Crippen LogP contribution in [0, 0.1) is 11.8 Å². The van der Waals surface area contributed by atoms with Crippen molar-refractivity contribution in [1.29, 1.82) is 0 Å². The molecule has 0 bridgehead atoms. The van der Waals surface area contributed by atoms with Gasteiger partial charge in [0.2, 0.25) is 35.4 Å². The van der Waals surface area contributed by atoms with Crippen molar-refractivity contribution in [2.75, 3.05) is 62.7 Å². The van der Waals surface area contributed by atoms with Crippen LogP contribution in [0.1, 0.15) is 140 Å². The SMILES string of the molecule is CC(C)n1cnc2cc(-c3ccc4c(c3)N([C@H]3C[C@@H](N5CCCCC5)C3)C(=O)C43CCN(C(=O)[C@@H]4CCN(C(=O)[C@H]5CC[C@H](Oc6ccc(C7CCC(=O)NC7=O)cn6)CC5)C4)CC3)nc(NC3CCOCC3)c21. The molecule has 5 amide bonds. The number of amides is 5. The number of carbonyl (C=O) groups is 5. The summed E-state index contributed by atoms with van der Waals surface area (Å²) >= 11 is 0. The quantitative estimate of drug-likeness (QED) is 0.149. The first-order valence-corrected chi connectivity index (χ1v) is 28.0. The summed E-state index contributed by atoms with van der Waals surface area (Å²) in [5, 5.41) is 6.19. The van der Waals surface area contributed by atoms with Gasteiger partial charge in [-0.3, -0.25) is 29.3 Å². The van der Waals surface area contributed by atoms with Gasteiger partial charge in [-0.25, -0.2) is 15.0 Å². The van der Waals surface area contributed by atoms with Crippen LogP contribution in [-0.4, -0.2) is 140 Å². The van der Waals surface area contributed by atoms with E-state index in [-0.39, 0.29) is 65.6 Å². The fourth-order valence-corrected chi connectivity index (χ4v) is 13.7. The molecule has 1 aromatic carbocycles. The largest absolute Gasteiger partial charge is 0.474 e. The Hall–Kier alpha value is -5.94. The van der Waals surface area contributed by atoms with Crippen molar-refractivity contribution >= 4 is 52.1 Å². The van der Waals surface area contributed by atoms with E-state index in [1.54, 1.807) is 12.3 Å². The summed E-state index contributed by atoms with van der Waals surface area (Å²) in [7, 11) is 0. The second kappa shape index (κ2) is 20.3. The number of carbonyl (C=O) groups excluding carboxylic acids is 5. The van der Waals surface area contributed by atoms with Crippen LogP contribution in [0.2, 0.25) is 0 Å². The van der Waals surface area contributed by atoms with Gasteiger partial charge in [0.25, 0.3) is 0 Å². The smallest absolute Gasteiger partial charge is 0.238 e. The number of imide groups is 1. The molecule has 1 spiro atoms. The van der Waals surface area contributed by atoms with E-state index in [2.05, 4.69) is 68.1 Å². The molecule has 2 aliphatic carbocycles. The van der Waals surface area contributed by atoms with Crippen LogP contribution in [0.4, 0.5) is 11.5 Å². The highest BCUT2D eigenvalue weighted by molar-refractivity contribution is 6.09. The Labute approximate surface area is 433 Å². The number of fused-ring (bicyclic) bond motifs is 3. The van der Waals surface area contributed by atoms with Crippen molar-refractivity contribution in [2.24, 2.45) is 11.8 Å². The van der Waals surface area contributed by atoms with Crippen LogP contribution in [0.5, 0.6) is 5.88 Å². The summed E-state index contributed by atoms with van der Waals surface area (Å²) in [6.45, 7) is 10.1. The molecular formula is C57H72N10O7. The van der Waals surface area contributed by atoms with Crippen LogP contribution >= 0.6 is 0 Å². The third-order valence-electron chi connectivity index (χ3n) is 18.2. The Morgan fingerprint density at radius 2 is 1.58 bits per heavy atom. The van der Waals surface area contributed by atoms with Crippen molar-refractivity contribution in [3.63, 3.8) is 0 Å². The molecule has 7 fully saturated rings. The highest BCUT2D eigenvalue weighted by atomic mass is 16.5. The Morgan fingerprint density at radius 1 is 0.811 bits per heavy atom. The Morgan fingerprint density at radius 3 is 2.31 bits per heavy atom. The lowest BCUT2D eigenvalue weighted by Gasteiger charge is -2.48. The summed E-state index contributed by atoms with van der Waals surface area (Å²) in [6, 6.07) is 13.3. The van der Waals surface area contributed by atoms with Crippen LogP contribution < -0.4 is 20.3 Å². The van der Waals surface area contributed by atoms with E-state index in [4.69, 9.17) is 19.4 Å². The molecule has 2 atom stereocenters. The summed E-state index contributed by atoms with van der Waals surface area (Å²) in [6.07, 6.45) is 16.5. The summed E-state index contributed by atoms with van der Waals surface area (Å²) < 4.78 is 14.1. The first-order chi connectivity index (χ1) is 36.0. The number of anilines is 2. The zero-order valence-corrected chi connectivity index (χ0v) is 43.1. The normalized spacial score (nSPS) is 27.7. The fraction of sp³-hybridized carbons (Fsp3) is 0.614. The van der Waals surface area contributed by atoms with Gasteiger partial charge in [-0.2, -0.15) is 0 Å². The fourth-order valence-electron chi connectivity index (χ4n) is 13.7. The van der Waals surface area contributed by atoms with E-state index < -0.39 is 11.3 Å². The molecule has 12 rings (SSSR count). The molecule has 3 aromatic heterocycles. The van der Waals surface area contributed by atoms with Crippen LogP contribution in [0.25, 0.3) is 22.3 Å². The molecule has 9 heterocycles. The number of hydrogen-bond donors (Lipinski definition) is 2. The molecular weight excluding hydrogens is 937 g/mol. The number of nitrogens with one attached hydrogen (secondary N) is 2. The first-order valence-electron chi connectivity index (χ1n) is 28.0. The third kappa shape index (κ3) is 9.23. The van der Waals surface area contributed by atoms with Gasteiger partial charge in [0.1, 0.15) is 11.6 Å². The number of aromatic nitrogens is 4. The Kier molecular flexibility index (Phi) is 13.4. The predicted molar refractivity (Wildman–Crippen MR) is 278 cm³/mol. The first kappa shape index (κ1) is 49.0. The summed E-state index contributed by atoms with van der Waals surface area (Å²) in [5.41, 5.74) is 5.79. The van der Waals surface area contributed by atoms with Crippen molar-refractivity contribution in [2.45, 2.75) is 158 Å².